The zero-order valence-corrected chi connectivity index (χ0v) is 23.5. The topological polar surface area (TPSA) is 156 Å². The predicted molar refractivity (Wildman–Crippen MR) is 148 cm³/mol. The van der Waals surface area contributed by atoms with Gasteiger partial charge in [0.15, 0.2) is 0 Å². The molecule has 0 aliphatic carbocycles. The molecule has 0 atom stereocenters. The zero-order valence-electron chi connectivity index (χ0n) is 21.2. The minimum atomic E-state index is -1.12. The van der Waals surface area contributed by atoms with Crippen LogP contribution in [-0.4, -0.2) is 32.8 Å². The number of carbonyl (C=O) groups is 1. The lowest BCUT2D eigenvalue weighted by Gasteiger charge is -2.15. The largest absolute Gasteiger partial charge is 0.496 e. The Kier molecular flexibility index (Phi) is 8.35. The molecule has 4 rings (SSSR count). The molecule has 0 aliphatic rings. The Bertz CT molecular complexity index is 1750. The Hall–Kier alpha value is -4.49. The van der Waals surface area contributed by atoms with Gasteiger partial charge in [-0.3, -0.25) is 19.9 Å². The van der Waals surface area contributed by atoms with Gasteiger partial charge in [0.2, 0.25) is 5.69 Å². The molecule has 0 fully saturated rings. The summed E-state index contributed by atoms with van der Waals surface area (Å²) in [7, 11) is 1.56. The van der Waals surface area contributed by atoms with Crippen LogP contribution in [0.2, 0.25) is 5.02 Å². The van der Waals surface area contributed by atoms with Crippen molar-refractivity contribution in [1.82, 2.24) is 14.8 Å². The molecule has 12 nitrogen and oxygen atoms in total. The number of aromatic nitrogens is 3. The Morgan fingerprint density at radius 2 is 1.82 bits per heavy atom. The van der Waals surface area contributed by atoms with E-state index in [0.717, 1.165) is 10.7 Å². The minimum Gasteiger partial charge on any atom is -0.496 e. The third-order valence-electron chi connectivity index (χ3n) is 5.66. The van der Waals surface area contributed by atoms with E-state index in [1.807, 2.05) is 0 Å². The van der Waals surface area contributed by atoms with Gasteiger partial charge in [0.1, 0.15) is 23.9 Å². The van der Waals surface area contributed by atoms with Crippen molar-refractivity contribution in [3.8, 4) is 22.9 Å². The number of non-ortho nitro benzene ring substituents is 1. The van der Waals surface area contributed by atoms with Crippen LogP contribution in [0.3, 0.4) is 0 Å². The van der Waals surface area contributed by atoms with Gasteiger partial charge in [-0.25, -0.2) is 9.59 Å². The van der Waals surface area contributed by atoms with Crippen LogP contribution in [0, 0.1) is 24.0 Å². The molecule has 0 radical (unpaired) electrons. The third-order valence-corrected chi connectivity index (χ3v) is 6.63. The highest BCUT2D eigenvalue weighted by Crippen LogP contribution is 2.34. The highest BCUT2D eigenvalue weighted by molar-refractivity contribution is 9.10. The number of methoxy groups -OCH3 is 1. The van der Waals surface area contributed by atoms with Crippen LogP contribution in [0.25, 0.3) is 5.69 Å². The van der Waals surface area contributed by atoms with Crippen LogP contribution in [0.15, 0.2) is 62.6 Å². The zero-order chi connectivity index (χ0) is 29.1. The first-order valence-corrected chi connectivity index (χ1v) is 12.6. The molecule has 0 spiro atoms. The molecule has 0 amide bonds. The van der Waals surface area contributed by atoms with Crippen LogP contribution in [-0.2, 0) is 11.3 Å². The van der Waals surface area contributed by atoms with E-state index in [1.165, 1.54) is 12.1 Å². The molecule has 1 N–H and O–H groups in total. The van der Waals surface area contributed by atoms with Crippen molar-refractivity contribution < 1.29 is 23.9 Å². The summed E-state index contributed by atoms with van der Waals surface area (Å²) in [6.07, 6.45) is 0. The lowest BCUT2D eigenvalue weighted by atomic mass is 10.1. The maximum Gasteiger partial charge on any atom is 0.364 e. The van der Waals surface area contributed by atoms with Gasteiger partial charge in [-0.15, -0.1) is 0 Å². The molecule has 1 aromatic heterocycles. The van der Waals surface area contributed by atoms with Crippen LogP contribution >= 0.6 is 27.5 Å². The number of ether oxygens (including phenoxy) is 3. The van der Waals surface area contributed by atoms with Gasteiger partial charge in [0.05, 0.1) is 27.2 Å². The normalized spacial score (nSPS) is 10.7. The molecule has 14 heteroatoms. The van der Waals surface area contributed by atoms with E-state index in [9.17, 15) is 24.5 Å². The maximum absolute atomic E-state index is 12.7. The summed E-state index contributed by atoms with van der Waals surface area (Å²) >= 11 is 9.45. The first-order valence-electron chi connectivity index (χ1n) is 11.4. The second-order valence-electron chi connectivity index (χ2n) is 8.44. The van der Waals surface area contributed by atoms with Crippen LogP contribution < -0.4 is 20.7 Å². The van der Waals surface area contributed by atoms with Crippen LogP contribution in [0.1, 0.15) is 27.2 Å². The van der Waals surface area contributed by atoms with Crippen molar-refractivity contribution >= 4 is 39.2 Å². The quantitative estimate of drug-likeness (QED) is 0.160. The number of benzene rings is 3. The number of halogens is 2. The van der Waals surface area contributed by atoms with Gasteiger partial charge < -0.3 is 14.2 Å². The molecule has 206 valence electrons. The van der Waals surface area contributed by atoms with Gasteiger partial charge >= 0.3 is 11.7 Å². The number of nitrogens with one attached hydrogen (secondary N) is 1. The summed E-state index contributed by atoms with van der Waals surface area (Å²) in [6.45, 7) is 3.15. The first-order chi connectivity index (χ1) is 19.0. The molecule has 4 aromatic rings. The van der Waals surface area contributed by atoms with E-state index < -0.39 is 27.8 Å². The van der Waals surface area contributed by atoms with E-state index in [2.05, 4.69) is 26.0 Å². The third kappa shape index (κ3) is 6.05. The summed E-state index contributed by atoms with van der Waals surface area (Å²) in [5.74, 6) is 0.606. The monoisotopic (exact) mass is 630 g/mol. The summed E-state index contributed by atoms with van der Waals surface area (Å²) in [6, 6.07) is 12.1. The van der Waals surface area contributed by atoms with Crippen molar-refractivity contribution in [2.75, 3.05) is 7.11 Å². The second kappa shape index (κ2) is 11.7. The van der Waals surface area contributed by atoms with Crippen molar-refractivity contribution in [2.24, 2.45) is 0 Å². The number of aryl methyl sites for hydroxylation is 2. The molecular formula is C26H20BrClN4O8. The summed E-state index contributed by atoms with van der Waals surface area (Å²) in [4.78, 5) is 50.0. The van der Waals surface area contributed by atoms with Crippen LogP contribution in [0.5, 0.6) is 17.2 Å². The number of hydrogen-bond donors (Lipinski definition) is 1. The smallest absolute Gasteiger partial charge is 0.364 e. The van der Waals surface area contributed by atoms with Crippen molar-refractivity contribution in [2.45, 2.75) is 20.5 Å². The average Bonchev–Trinajstić information content (AvgIpc) is 2.89. The van der Waals surface area contributed by atoms with Crippen molar-refractivity contribution in [3.05, 3.63) is 111 Å². The van der Waals surface area contributed by atoms with E-state index in [4.69, 9.17) is 25.8 Å². The van der Waals surface area contributed by atoms with Gasteiger partial charge in [0.25, 0.3) is 11.2 Å². The lowest BCUT2D eigenvalue weighted by molar-refractivity contribution is -0.384. The summed E-state index contributed by atoms with van der Waals surface area (Å²) in [5.41, 5.74) is -0.966. The van der Waals surface area contributed by atoms with E-state index in [0.29, 0.717) is 32.8 Å². The Morgan fingerprint density at radius 1 is 1.12 bits per heavy atom. The standard InChI is InChI=1S/C26H20BrClN4O8/c1-13-8-17(9-14(2)23(13)40-18-6-7-21(38-3)19(27)11-18)31-26(35)29-24(33)22(30-31)25(34)39-12-15-4-5-16(32(36)37)10-20(15)28/h4-11H,12H2,1-3H3,(H,29,33,35). The van der Waals surface area contributed by atoms with E-state index in [1.54, 1.807) is 51.3 Å². The van der Waals surface area contributed by atoms with E-state index >= 15 is 0 Å². The number of hydrogen-bond acceptors (Lipinski definition) is 9. The number of carbonyl (C=O) groups excluding carboxylic acids is 1. The van der Waals surface area contributed by atoms with E-state index in [-0.39, 0.29) is 28.6 Å². The predicted octanol–water partition coefficient (Wildman–Crippen LogP) is 5.02. The van der Waals surface area contributed by atoms with Crippen LogP contribution in [0.4, 0.5) is 5.69 Å². The molecule has 0 saturated heterocycles. The Morgan fingerprint density at radius 3 is 2.42 bits per heavy atom. The molecule has 1 heterocycles. The fourth-order valence-electron chi connectivity index (χ4n) is 3.73. The van der Waals surface area contributed by atoms with Crippen molar-refractivity contribution in [3.63, 3.8) is 0 Å². The maximum atomic E-state index is 12.7. The van der Waals surface area contributed by atoms with Gasteiger partial charge in [-0.05, 0) is 77.3 Å². The lowest BCUT2D eigenvalue weighted by Crippen LogP contribution is -2.36. The van der Waals surface area contributed by atoms with Gasteiger partial charge in [-0.1, -0.05) is 11.6 Å². The fraction of sp³-hybridized carbons (Fsp3) is 0.154. The van der Waals surface area contributed by atoms with Gasteiger partial charge in [-0.2, -0.15) is 9.78 Å². The number of nitrogens with zero attached hydrogens (tertiary/aromatic N) is 3. The number of nitro groups is 1. The second-order valence-corrected chi connectivity index (χ2v) is 9.70. The minimum absolute atomic E-state index is 0.00379. The Balaban J connectivity index is 1.60. The highest BCUT2D eigenvalue weighted by atomic mass is 79.9. The molecule has 40 heavy (non-hydrogen) atoms. The number of rotatable bonds is 8. The summed E-state index contributed by atoms with van der Waals surface area (Å²) < 4.78 is 18.0. The SMILES string of the molecule is COc1ccc(Oc2c(C)cc(-n3nc(C(=O)OCc4ccc([N+](=O)[O-])cc4Cl)c(=O)[nH]c3=O)cc2C)cc1Br. The molecule has 0 unspecified atom stereocenters. The number of H-pyrrole nitrogens is 1. The average molecular weight is 632 g/mol. The molecule has 0 bridgehead atoms. The molecular weight excluding hydrogens is 612 g/mol. The summed E-state index contributed by atoms with van der Waals surface area (Å²) in [5, 5.41) is 14.8. The first kappa shape index (κ1) is 28.5. The Labute approximate surface area is 239 Å². The highest BCUT2D eigenvalue weighted by Gasteiger charge is 2.20. The molecule has 3 aromatic carbocycles. The molecule has 0 saturated carbocycles. The fourth-order valence-corrected chi connectivity index (χ4v) is 4.48. The number of aromatic amines is 1. The number of esters is 1. The molecule has 0 aliphatic heterocycles. The number of nitro benzene ring substituents is 1. The van der Waals surface area contributed by atoms with Crippen molar-refractivity contribution in [1.29, 1.82) is 0 Å². The van der Waals surface area contributed by atoms with Gasteiger partial charge in [0, 0.05) is 17.7 Å².